The summed E-state index contributed by atoms with van der Waals surface area (Å²) in [5.74, 6) is 0.647. The van der Waals surface area contributed by atoms with Crippen LogP contribution >= 0.6 is 0 Å². The Morgan fingerprint density at radius 3 is 2.25 bits per heavy atom. The molecule has 6 nitrogen and oxygen atoms in total. The highest BCUT2D eigenvalue weighted by Gasteiger charge is 2.63. The third-order valence-corrected chi connectivity index (χ3v) is 9.02. The molecule has 5 unspecified atom stereocenters. The molecule has 0 aliphatic heterocycles. The summed E-state index contributed by atoms with van der Waals surface area (Å²) >= 11 is 0. The Morgan fingerprint density at radius 2 is 1.50 bits per heavy atom. The summed E-state index contributed by atoms with van der Waals surface area (Å²) in [6.45, 7) is 0. The monoisotopic (exact) mass is 398 g/mol. The van der Waals surface area contributed by atoms with Crippen LogP contribution in [0.2, 0.25) is 0 Å². The van der Waals surface area contributed by atoms with Gasteiger partial charge in [0.1, 0.15) is 0 Å². The van der Waals surface area contributed by atoms with E-state index in [1.165, 1.54) is 0 Å². The van der Waals surface area contributed by atoms with Crippen LogP contribution in [-0.4, -0.2) is 60.3 Å². The highest BCUT2D eigenvalue weighted by molar-refractivity contribution is 5.13. The number of hydrogen-bond donors (Lipinski definition) is 6. The molecule has 0 aromatic carbocycles. The third-order valence-electron chi connectivity index (χ3n) is 9.02. The van der Waals surface area contributed by atoms with Crippen molar-refractivity contribution in [1.82, 2.24) is 0 Å². The van der Waals surface area contributed by atoms with Gasteiger partial charge in [-0.25, -0.2) is 0 Å². The van der Waals surface area contributed by atoms with Crippen molar-refractivity contribution in [2.24, 2.45) is 29.6 Å². The predicted molar refractivity (Wildman–Crippen MR) is 103 cm³/mol. The average molecular weight is 399 g/mol. The summed E-state index contributed by atoms with van der Waals surface area (Å²) < 4.78 is 0. The molecule has 4 rings (SSSR count). The SMILES string of the molecule is OC(O)CCCC(O)C1CCC2[C@@H]3CCC4C[C@@H](O)CC[C@]4(O)C3CC[C@]12O. The second-order valence-corrected chi connectivity index (χ2v) is 10.3. The van der Waals surface area contributed by atoms with Crippen LogP contribution in [0.3, 0.4) is 0 Å². The van der Waals surface area contributed by atoms with Gasteiger partial charge in [-0.05, 0) is 101 Å². The molecular weight excluding hydrogens is 360 g/mol. The minimum Gasteiger partial charge on any atom is -0.393 e. The molecule has 4 aliphatic carbocycles. The van der Waals surface area contributed by atoms with E-state index in [0.29, 0.717) is 44.4 Å². The molecule has 6 heteroatoms. The summed E-state index contributed by atoms with van der Waals surface area (Å²) in [5, 5.41) is 62.0. The van der Waals surface area contributed by atoms with Gasteiger partial charge in [0.2, 0.25) is 0 Å². The Kier molecular flexibility index (Phi) is 5.84. The van der Waals surface area contributed by atoms with Gasteiger partial charge in [0.25, 0.3) is 0 Å². The van der Waals surface area contributed by atoms with Crippen molar-refractivity contribution < 1.29 is 30.6 Å². The zero-order valence-electron chi connectivity index (χ0n) is 16.8. The lowest BCUT2D eigenvalue weighted by Gasteiger charge is -2.59. The fraction of sp³-hybridized carbons (Fsp3) is 1.00. The fourth-order valence-corrected chi connectivity index (χ4v) is 7.73. The minimum absolute atomic E-state index is 0.131. The molecule has 0 aromatic heterocycles. The van der Waals surface area contributed by atoms with Crippen molar-refractivity contribution in [1.29, 1.82) is 0 Å². The number of aliphatic hydroxyl groups excluding tert-OH is 3. The third kappa shape index (κ3) is 3.44. The molecule has 0 amide bonds. The van der Waals surface area contributed by atoms with Crippen LogP contribution in [-0.2, 0) is 0 Å². The number of fused-ring (bicyclic) bond motifs is 5. The summed E-state index contributed by atoms with van der Waals surface area (Å²) in [4.78, 5) is 0. The lowest BCUT2D eigenvalue weighted by molar-refractivity contribution is -0.209. The van der Waals surface area contributed by atoms with Crippen molar-refractivity contribution in [3.63, 3.8) is 0 Å². The second kappa shape index (κ2) is 7.78. The normalized spacial score (nSPS) is 49.4. The standard InChI is InChI=1S/C22H38O6/c23-14-8-10-21(27)13(12-14)4-5-15-16-6-7-18(19(24)2-1-3-20(25)26)22(16,28)11-9-17(15)21/h13-20,23-28H,1-12H2/t13?,14-,15-,16?,17?,18?,19?,21+,22+/m0/s1. The van der Waals surface area contributed by atoms with E-state index in [9.17, 15) is 20.4 Å². The Morgan fingerprint density at radius 1 is 0.786 bits per heavy atom. The van der Waals surface area contributed by atoms with Crippen molar-refractivity contribution >= 4 is 0 Å². The van der Waals surface area contributed by atoms with Crippen LogP contribution in [0.1, 0.15) is 77.0 Å². The molecule has 9 atom stereocenters. The Balaban J connectivity index is 1.46. The number of aliphatic hydroxyl groups is 6. The van der Waals surface area contributed by atoms with Crippen molar-refractivity contribution in [3.8, 4) is 0 Å². The fourth-order valence-electron chi connectivity index (χ4n) is 7.73. The van der Waals surface area contributed by atoms with E-state index in [2.05, 4.69) is 0 Å². The molecule has 0 saturated heterocycles. The van der Waals surface area contributed by atoms with Crippen LogP contribution in [0.4, 0.5) is 0 Å². The maximum atomic E-state index is 11.6. The van der Waals surface area contributed by atoms with Gasteiger partial charge in [-0.2, -0.15) is 0 Å². The second-order valence-electron chi connectivity index (χ2n) is 10.3. The van der Waals surface area contributed by atoms with Crippen LogP contribution in [0, 0.1) is 29.6 Å². The zero-order valence-corrected chi connectivity index (χ0v) is 16.8. The Hall–Kier alpha value is -0.240. The quantitative estimate of drug-likeness (QED) is 0.388. The Labute approximate surface area is 167 Å². The molecule has 28 heavy (non-hydrogen) atoms. The molecule has 6 N–H and O–H groups in total. The van der Waals surface area contributed by atoms with Gasteiger partial charge < -0.3 is 30.6 Å². The first kappa shape index (κ1) is 21.0. The van der Waals surface area contributed by atoms with E-state index in [4.69, 9.17) is 10.2 Å². The summed E-state index contributed by atoms with van der Waals surface area (Å²) in [6.07, 6.45) is 6.08. The van der Waals surface area contributed by atoms with Crippen molar-refractivity contribution in [2.45, 2.75) is 107 Å². The van der Waals surface area contributed by atoms with Crippen molar-refractivity contribution in [3.05, 3.63) is 0 Å². The Bertz CT molecular complexity index is 555. The molecular formula is C22H38O6. The first-order chi connectivity index (χ1) is 13.3. The van der Waals surface area contributed by atoms with Crippen LogP contribution < -0.4 is 0 Å². The molecule has 162 valence electrons. The van der Waals surface area contributed by atoms with Crippen molar-refractivity contribution in [2.75, 3.05) is 0 Å². The largest absolute Gasteiger partial charge is 0.393 e. The number of rotatable bonds is 5. The van der Waals surface area contributed by atoms with E-state index < -0.39 is 23.6 Å². The van der Waals surface area contributed by atoms with E-state index in [0.717, 1.165) is 32.1 Å². The molecule has 4 saturated carbocycles. The zero-order chi connectivity index (χ0) is 20.1. The summed E-state index contributed by atoms with van der Waals surface area (Å²) in [7, 11) is 0. The molecule has 0 bridgehead atoms. The van der Waals surface area contributed by atoms with Gasteiger partial charge in [0.05, 0.1) is 23.4 Å². The smallest absolute Gasteiger partial charge is 0.151 e. The topological polar surface area (TPSA) is 121 Å². The first-order valence-corrected chi connectivity index (χ1v) is 11.4. The molecule has 0 radical (unpaired) electrons. The summed E-state index contributed by atoms with van der Waals surface area (Å²) in [6, 6.07) is 0. The predicted octanol–water partition coefficient (Wildman–Crippen LogP) is 1.30. The highest BCUT2D eigenvalue weighted by Crippen LogP contribution is 2.62. The van der Waals surface area contributed by atoms with Gasteiger partial charge in [0, 0.05) is 5.92 Å². The van der Waals surface area contributed by atoms with E-state index in [1.807, 2.05) is 0 Å². The first-order valence-electron chi connectivity index (χ1n) is 11.4. The van der Waals surface area contributed by atoms with Gasteiger partial charge in [0.15, 0.2) is 6.29 Å². The van der Waals surface area contributed by atoms with Gasteiger partial charge >= 0.3 is 0 Å². The van der Waals surface area contributed by atoms with Crippen LogP contribution in [0.5, 0.6) is 0 Å². The average Bonchev–Trinajstić information content (AvgIpc) is 2.99. The maximum Gasteiger partial charge on any atom is 0.151 e. The highest BCUT2D eigenvalue weighted by atomic mass is 16.5. The maximum absolute atomic E-state index is 11.6. The lowest BCUT2D eigenvalue weighted by atomic mass is 9.50. The van der Waals surface area contributed by atoms with Crippen LogP contribution in [0.15, 0.2) is 0 Å². The molecule has 0 spiro atoms. The van der Waals surface area contributed by atoms with Crippen LogP contribution in [0.25, 0.3) is 0 Å². The van der Waals surface area contributed by atoms with Gasteiger partial charge in [-0.15, -0.1) is 0 Å². The molecule has 0 heterocycles. The van der Waals surface area contributed by atoms with Gasteiger partial charge in [-0.3, -0.25) is 0 Å². The van der Waals surface area contributed by atoms with E-state index in [-0.39, 0.29) is 36.2 Å². The minimum atomic E-state index is -1.34. The summed E-state index contributed by atoms with van der Waals surface area (Å²) in [5.41, 5.74) is -1.56. The molecule has 4 aliphatic rings. The number of hydrogen-bond acceptors (Lipinski definition) is 6. The molecule has 0 aromatic rings. The van der Waals surface area contributed by atoms with E-state index >= 15 is 0 Å². The van der Waals surface area contributed by atoms with E-state index in [1.54, 1.807) is 0 Å². The molecule has 4 fully saturated rings. The van der Waals surface area contributed by atoms with Gasteiger partial charge in [-0.1, -0.05) is 0 Å². The lowest BCUT2D eigenvalue weighted by Crippen LogP contribution is -2.61.